The van der Waals surface area contributed by atoms with E-state index < -0.39 is 48.0 Å². The normalized spacial score (nSPS) is 13.9. The lowest BCUT2D eigenvalue weighted by Crippen LogP contribution is -2.59. The van der Waals surface area contributed by atoms with Gasteiger partial charge in [-0.15, -0.1) is 0 Å². The third-order valence-corrected chi connectivity index (χ3v) is 9.22. The first-order valence-corrected chi connectivity index (χ1v) is 17.7. The third-order valence-electron chi connectivity index (χ3n) is 9.22. The van der Waals surface area contributed by atoms with Gasteiger partial charge in [-0.2, -0.15) is 0 Å². The van der Waals surface area contributed by atoms with Gasteiger partial charge in [0.05, 0.1) is 12.4 Å². The monoisotopic (exact) mass is 718 g/mol. The summed E-state index contributed by atoms with van der Waals surface area (Å²) in [6.07, 6.45) is 1.29. The molecule has 0 saturated heterocycles. The molecular weight excluding hydrogens is 672 g/mol. The number of H-pyrrole nitrogens is 1. The third kappa shape index (κ3) is 11.0. The number of amides is 4. The SMILES string of the molecule is CCC(C)C(NC(=O)[C@@H](Cc1cnc[nH]1)NC(=O)[C@H](Cc1cccc2ccccc12)NC(=O)OCc1ccccc1)C(O)C(=O)NCc1ccccc1. The zero-order valence-corrected chi connectivity index (χ0v) is 29.8. The average molecular weight is 719 g/mol. The van der Waals surface area contributed by atoms with Crippen LogP contribution in [0.15, 0.2) is 116 Å². The van der Waals surface area contributed by atoms with Crippen LogP contribution in [-0.2, 0) is 45.1 Å². The average Bonchev–Trinajstić information content (AvgIpc) is 3.71. The molecule has 0 aliphatic carbocycles. The van der Waals surface area contributed by atoms with Gasteiger partial charge in [0, 0.05) is 31.3 Å². The predicted octanol–water partition coefficient (Wildman–Crippen LogP) is 4.34. The number of ether oxygens (including phenoxy) is 1. The molecule has 4 amide bonds. The smallest absolute Gasteiger partial charge is 0.408 e. The molecule has 53 heavy (non-hydrogen) atoms. The number of aromatic nitrogens is 2. The molecule has 3 unspecified atom stereocenters. The van der Waals surface area contributed by atoms with Gasteiger partial charge in [0.15, 0.2) is 6.10 Å². The van der Waals surface area contributed by atoms with Gasteiger partial charge in [0.1, 0.15) is 18.7 Å². The topological polar surface area (TPSA) is 175 Å². The lowest BCUT2D eigenvalue weighted by atomic mass is 9.93. The summed E-state index contributed by atoms with van der Waals surface area (Å²) in [6.45, 7) is 3.92. The van der Waals surface area contributed by atoms with Gasteiger partial charge in [-0.3, -0.25) is 14.4 Å². The highest BCUT2D eigenvalue weighted by molar-refractivity contribution is 5.93. The minimum atomic E-state index is -1.57. The number of rotatable bonds is 17. The van der Waals surface area contributed by atoms with E-state index in [1.807, 2.05) is 117 Å². The van der Waals surface area contributed by atoms with Gasteiger partial charge in [0.25, 0.3) is 5.91 Å². The fourth-order valence-electron chi connectivity index (χ4n) is 6.01. The largest absolute Gasteiger partial charge is 0.445 e. The summed E-state index contributed by atoms with van der Waals surface area (Å²) in [5, 5.41) is 24.2. The number of nitrogens with zero attached hydrogens (tertiary/aromatic N) is 1. The first-order valence-electron chi connectivity index (χ1n) is 17.7. The number of aliphatic hydroxyl groups excluding tert-OH is 1. The number of carbonyl (C=O) groups is 4. The second kappa shape index (κ2) is 19.0. The molecule has 6 N–H and O–H groups in total. The molecule has 0 radical (unpaired) electrons. The first-order chi connectivity index (χ1) is 25.7. The van der Waals surface area contributed by atoms with Gasteiger partial charge in [0.2, 0.25) is 11.8 Å². The van der Waals surface area contributed by atoms with E-state index in [1.165, 1.54) is 12.5 Å². The van der Waals surface area contributed by atoms with Crippen molar-refractivity contribution in [1.82, 2.24) is 31.2 Å². The molecule has 4 aromatic carbocycles. The summed E-state index contributed by atoms with van der Waals surface area (Å²) in [4.78, 5) is 61.5. The number of hydrogen-bond acceptors (Lipinski definition) is 7. The number of benzene rings is 4. The van der Waals surface area contributed by atoms with Crippen molar-refractivity contribution in [3.05, 3.63) is 138 Å². The molecule has 5 aromatic rings. The summed E-state index contributed by atoms with van der Waals surface area (Å²) in [6, 6.07) is 28.6. The number of alkyl carbamates (subject to hydrolysis) is 1. The molecule has 0 saturated carbocycles. The first kappa shape index (κ1) is 38.2. The Kier molecular flexibility index (Phi) is 13.7. The Morgan fingerprint density at radius 3 is 2.09 bits per heavy atom. The van der Waals surface area contributed by atoms with Crippen LogP contribution in [0, 0.1) is 5.92 Å². The van der Waals surface area contributed by atoms with Crippen LogP contribution in [-0.4, -0.2) is 63.1 Å². The molecule has 0 aliphatic rings. The molecule has 5 atom stereocenters. The molecule has 1 heterocycles. The van der Waals surface area contributed by atoms with Gasteiger partial charge < -0.3 is 36.1 Å². The second-order valence-corrected chi connectivity index (χ2v) is 13.0. The zero-order valence-electron chi connectivity index (χ0n) is 29.8. The van der Waals surface area contributed by atoms with E-state index in [0.717, 1.165) is 27.5 Å². The van der Waals surface area contributed by atoms with Crippen LogP contribution in [0.25, 0.3) is 10.8 Å². The van der Waals surface area contributed by atoms with Crippen LogP contribution in [0.1, 0.15) is 42.7 Å². The summed E-state index contributed by atoms with van der Waals surface area (Å²) < 4.78 is 5.47. The van der Waals surface area contributed by atoms with E-state index in [4.69, 9.17) is 4.74 Å². The van der Waals surface area contributed by atoms with Crippen LogP contribution in [0.2, 0.25) is 0 Å². The molecule has 5 rings (SSSR count). The number of fused-ring (bicyclic) bond motifs is 1. The van der Waals surface area contributed by atoms with Crippen molar-refractivity contribution in [2.45, 2.75) is 70.5 Å². The number of nitrogens with one attached hydrogen (secondary N) is 5. The fraction of sp³-hybridized carbons (Fsp3) is 0.293. The molecule has 0 fully saturated rings. The van der Waals surface area contributed by atoms with Crippen LogP contribution >= 0.6 is 0 Å². The fourth-order valence-corrected chi connectivity index (χ4v) is 6.01. The lowest BCUT2D eigenvalue weighted by molar-refractivity contribution is -0.135. The van der Waals surface area contributed by atoms with E-state index in [0.29, 0.717) is 12.1 Å². The zero-order chi connectivity index (χ0) is 37.6. The molecule has 276 valence electrons. The van der Waals surface area contributed by atoms with Gasteiger partial charge >= 0.3 is 6.09 Å². The van der Waals surface area contributed by atoms with Gasteiger partial charge in [-0.25, -0.2) is 9.78 Å². The van der Waals surface area contributed by atoms with E-state index in [2.05, 4.69) is 31.2 Å². The standard InChI is InChI=1S/C41H46N6O6/c1-3-27(2)36(37(48)40(51)43-23-28-13-6-4-7-14-28)47-39(50)35(22-32-24-42-26-44-32)45-38(49)34(46-41(52)53-25-29-15-8-5-9-16-29)21-31-19-12-18-30-17-10-11-20-33(30)31/h4-20,24,26-27,34-37,48H,3,21-23,25H2,1-2H3,(H,42,44)(H,43,51)(H,45,49)(H,46,52)(H,47,50)/t27?,34-,35+,36?,37?/m0/s1. The highest BCUT2D eigenvalue weighted by atomic mass is 16.5. The molecule has 0 aliphatic heterocycles. The minimum Gasteiger partial charge on any atom is -0.445 e. The van der Waals surface area contributed by atoms with Crippen molar-refractivity contribution in [3.8, 4) is 0 Å². The molecule has 0 bridgehead atoms. The van der Waals surface area contributed by atoms with E-state index in [1.54, 1.807) is 0 Å². The van der Waals surface area contributed by atoms with Gasteiger partial charge in [-0.1, -0.05) is 123 Å². The van der Waals surface area contributed by atoms with Crippen LogP contribution in [0.5, 0.6) is 0 Å². The number of aliphatic hydroxyl groups is 1. The Morgan fingerprint density at radius 1 is 0.755 bits per heavy atom. The van der Waals surface area contributed by atoms with Gasteiger partial charge in [-0.05, 0) is 33.4 Å². The Balaban J connectivity index is 1.35. The van der Waals surface area contributed by atoms with Crippen LogP contribution in [0.3, 0.4) is 0 Å². The summed E-state index contributed by atoms with van der Waals surface area (Å²) in [5.74, 6) is -2.19. The van der Waals surface area contributed by atoms with E-state index in [9.17, 15) is 24.3 Å². The van der Waals surface area contributed by atoms with Crippen molar-refractivity contribution >= 4 is 34.6 Å². The van der Waals surface area contributed by atoms with E-state index >= 15 is 0 Å². The van der Waals surface area contributed by atoms with Crippen LogP contribution < -0.4 is 21.3 Å². The van der Waals surface area contributed by atoms with Crippen molar-refractivity contribution in [1.29, 1.82) is 0 Å². The highest BCUT2D eigenvalue weighted by Crippen LogP contribution is 2.20. The summed E-state index contributed by atoms with van der Waals surface area (Å²) in [7, 11) is 0. The number of hydrogen-bond donors (Lipinski definition) is 6. The number of aromatic amines is 1. The van der Waals surface area contributed by atoms with Crippen LogP contribution in [0.4, 0.5) is 4.79 Å². The van der Waals surface area contributed by atoms with Crippen molar-refractivity contribution in [2.24, 2.45) is 5.92 Å². The van der Waals surface area contributed by atoms with Crippen molar-refractivity contribution < 1.29 is 29.0 Å². The lowest BCUT2D eigenvalue weighted by Gasteiger charge is -2.30. The molecule has 12 nitrogen and oxygen atoms in total. The maximum atomic E-state index is 14.2. The maximum absolute atomic E-state index is 14.2. The van der Waals surface area contributed by atoms with Crippen molar-refractivity contribution in [2.75, 3.05) is 0 Å². The molecule has 0 spiro atoms. The Hall–Kier alpha value is -6.01. The molecular formula is C41H46N6O6. The number of imidazole rings is 1. The Morgan fingerprint density at radius 2 is 1.40 bits per heavy atom. The minimum absolute atomic E-state index is 0.00160. The van der Waals surface area contributed by atoms with E-state index in [-0.39, 0.29) is 31.9 Å². The highest BCUT2D eigenvalue weighted by Gasteiger charge is 2.35. The summed E-state index contributed by atoms with van der Waals surface area (Å²) >= 11 is 0. The number of carbonyl (C=O) groups excluding carboxylic acids is 4. The molecule has 12 heteroatoms. The molecule has 1 aromatic heterocycles. The summed E-state index contributed by atoms with van der Waals surface area (Å²) in [5.41, 5.74) is 3.01. The maximum Gasteiger partial charge on any atom is 0.408 e. The second-order valence-electron chi connectivity index (χ2n) is 13.0. The quantitative estimate of drug-likeness (QED) is 0.0830. The Labute approximate surface area is 308 Å². The Bertz CT molecular complexity index is 1930. The van der Waals surface area contributed by atoms with Crippen molar-refractivity contribution in [3.63, 3.8) is 0 Å². The predicted molar refractivity (Wildman–Crippen MR) is 201 cm³/mol.